The predicted molar refractivity (Wildman–Crippen MR) is 167 cm³/mol. The first-order chi connectivity index (χ1) is 19.2. The van der Waals surface area contributed by atoms with Crippen LogP contribution in [0.5, 0.6) is 0 Å². The van der Waals surface area contributed by atoms with Gasteiger partial charge < -0.3 is 9.97 Å². The van der Waals surface area contributed by atoms with Gasteiger partial charge in [-0.1, -0.05) is 48.5 Å². The molecule has 8 bridgehead atoms. The van der Waals surface area contributed by atoms with Crippen molar-refractivity contribution in [1.29, 1.82) is 0 Å². The maximum absolute atomic E-state index is 4.90. The molecule has 0 spiro atoms. The van der Waals surface area contributed by atoms with Crippen molar-refractivity contribution < 1.29 is 0 Å². The normalized spacial score (nSPS) is 12.5. The number of halogens is 1. The lowest BCUT2D eigenvalue weighted by molar-refractivity contribution is 1.31. The number of benzene rings is 3. The summed E-state index contributed by atoms with van der Waals surface area (Å²) in [7, 11) is 0. The largest absolute Gasteiger partial charge is 0.355 e. The average molecular weight is 565 g/mol. The van der Waals surface area contributed by atoms with E-state index in [4.69, 9.17) is 9.97 Å². The molecule has 2 aliphatic heterocycles. The number of H-pyrrole nitrogens is 2. The molecule has 184 valence electrons. The van der Waals surface area contributed by atoms with Crippen LogP contribution in [-0.4, -0.2) is 19.9 Å². The number of rotatable bonds is 1. The minimum Gasteiger partial charge on any atom is -0.355 e. The Balaban J connectivity index is 1.51. The summed E-state index contributed by atoms with van der Waals surface area (Å²) in [4.78, 5) is 16.9. The quantitative estimate of drug-likeness (QED) is 0.195. The summed E-state index contributed by atoms with van der Waals surface area (Å²) in [5.74, 6) is 0. The third-order valence-corrected chi connectivity index (χ3v) is 8.16. The van der Waals surface area contributed by atoms with Gasteiger partial charge in [0, 0.05) is 32.1 Å². The molecule has 3 aromatic heterocycles. The molecule has 3 aromatic carbocycles. The third kappa shape index (κ3) is 3.82. The molecular weight excluding hydrogens is 544 g/mol. The maximum atomic E-state index is 4.90. The van der Waals surface area contributed by atoms with Gasteiger partial charge in [-0.15, -0.1) is 0 Å². The molecule has 8 rings (SSSR count). The lowest BCUT2D eigenvalue weighted by Gasteiger charge is -2.13. The van der Waals surface area contributed by atoms with Crippen molar-refractivity contribution in [2.24, 2.45) is 0 Å². The monoisotopic (exact) mass is 564 g/mol. The van der Waals surface area contributed by atoms with Crippen molar-refractivity contribution in [2.45, 2.75) is 0 Å². The fourth-order valence-electron chi connectivity index (χ4n) is 5.59. The number of aromatic nitrogens is 4. The Morgan fingerprint density at radius 1 is 0.487 bits per heavy atom. The Morgan fingerprint density at radius 2 is 0.974 bits per heavy atom. The van der Waals surface area contributed by atoms with Crippen LogP contribution in [-0.2, 0) is 0 Å². The second-order valence-electron chi connectivity index (χ2n) is 9.87. The van der Waals surface area contributed by atoms with Crippen LogP contribution >= 0.6 is 15.9 Å². The Bertz CT molecular complexity index is 2140. The number of hydrogen-bond acceptors (Lipinski definition) is 2. The summed E-state index contributed by atoms with van der Waals surface area (Å²) < 4.78 is 1.12. The van der Waals surface area contributed by atoms with Crippen LogP contribution in [0.15, 0.2) is 95.5 Å². The molecule has 0 unspecified atom stereocenters. The van der Waals surface area contributed by atoms with Crippen LogP contribution in [0.3, 0.4) is 0 Å². The fourth-order valence-corrected chi connectivity index (χ4v) is 6.28. The SMILES string of the molecule is Brc1c2ccccc2c(-c2cc3cc4nc(cc5ccc(cc6nc(cc2[nH]3)C=C6)[nH]5)C=C4)c2ccccc12. The van der Waals surface area contributed by atoms with Gasteiger partial charge >= 0.3 is 0 Å². The molecule has 0 saturated carbocycles. The summed E-state index contributed by atoms with van der Waals surface area (Å²) in [5, 5.41) is 4.77. The van der Waals surface area contributed by atoms with E-state index in [0.717, 1.165) is 54.9 Å². The first-order valence-corrected chi connectivity index (χ1v) is 13.6. The minimum absolute atomic E-state index is 0.904. The third-order valence-electron chi connectivity index (χ3n) is 7.30. The van der Waals surface area contributed by atoms with Gasteiger partial charge in [0.05, 0.1) is 22.8 Å². The molecule has 0 fully saturated rings. The highest BCUT2D eigenvalue weighted by Crippen LogP contribution is 2.43. The van der Waals surface area contributed by atoms with Crippen LogP contribution in [0.1, 0.15) is 22.8 Å². The van der Waals surface area contributed by atoms with Crippen molar-refractivity contribution in [3.63, 3.8) is 0 Å². The lowest BCUT2D eigenvalue weighted by atomic mass is 9.92. The summed E-state index contributed by atoms with van der Waals surface area (Å²) in [5.41, 5.74) is 9.99. The van der Waals surface area contributed by atoms with E-state index in [1.165, 1.54) is 27.1 Å². The van der Waals surface area contributed by atoms with Crippen molar-refractivity contribution in [3.05, 3.63) is 118 Å². The van der Waals surface area contributed by atoms with E-state index in [1.807, 2.05) is 6.08 Å². The number of hydrogen-bond donors (Lipinski definition) is 2. The molecule has 6 aromatic rings. The van der Waals surface area contributed by atoms with Gasteiger partial charge in [0.15, 0.2) is 0 Å². The molecule has 5 heterocycles. The van der Waals surface area contributed by atoms with Gasteiger partial charge in [-0.3, -0.25) is 0 Å². The molecule has 5 heteroatoms. The average Bonchev–Trinajstić information content (AvgIpc) is 3.75. The molecule has 0 radical (unpaired) electrons. The second kappa shape index (κ2) is 8.65. The summed E-state index contributed by atoms with van der Waals surface area (Å²) in [6.45, 7) is 0. The summed E-state index contributed by atoms with van der Waals surface area (Å²) in [6, 6.07) is 31.9. The summed E-state index contributed by atoms with van der Waals surface area (Å²) >= 11 is 3.90. The van der Waals surface area contributed by atoms with Gasteiger partial charge in [0.25, 0.3) is 0 Å². The molecule has 0 saturated heterocycles. The number of aromatic amines is 2. The number of fused-ring (bicyclic) bond motifs is 10. The molecule has 0 amide bonds. The zero-order valence-electron chi connectivity index (χ0n) is 20.7. The molecule has 39 heavy (non-hydrogen) atoms. The number of nitrogens with one attached hydrogen (secondary N) is 2. The standard InChI is InChI=1S/C34H21BrN4/c35-34-29-7-3-1-5-27(29)33(28-6-2-4-8-30(28)34)31-18-26-17-24-12-11-22(37-24)15-20-9-10-21(36-20)16-23-13-14-25(38-23)19-32(31)39-26/h1-19,36,39H. The van der Waals surface area contributed by atoms with Gasteiger partial charge in [-0.25, -0.2) is 9.97 Å². The van der Waals surface area contributed by atoms with Crippen LogP contribution in [0.4, 0.5) is 0 Å². The van der Waals surface area contributed by atoms with E-state index in [-0.39, 0.29) is 0 Å². The Morgan fingerprint density at radius 3 is 1.54 bits per heavy atom. The molecule has 2 aliphatic rings. The lowest BCUT2D eigenvalue weighted by Crippen LogP contribution is -1.87. The van der Waals surface area contributed by atoms with Gasteiger partial charge in [-0.2, -0.15) is 0 Å². The van der Waals surface area contributed by atoms with Crippen molar-refractivity contribution in [1.82, 2.24) is 19.9 Å². The zero-order valence-corrected chi connectivity index (χ0v) is 22.3. The van der Waals surface area contributed by atoms with Crippen molar-refractivity contribution in [3.8, 4) is 11.1 Å². The maximum Gasteiger partial charge on any atom is 0.0658 e. The molecular formula is C34H21BrN4. The van der Waals surface area contributed by atoms with Gasteiger partial charge in [0.1, 0.15) is 0 Å². The number of nitrogens with zero attached hydrogens (tertiary/aromatic N) is 2. The topological polar surface area (TPSA) is 57.4 Å². The highest BCUT2D eigenvalue weighted by Gasteiger charge is 2.16. The minimum atomic E-state index is 0.904. The molecule has 4 nitrogen and oxygen atoms in total. The first-order valence-electron chi connectivity index (χ1n) is 12.9. The van der Waals surface area contributed by atoms with E-state index in [0.29, 0.717) is 0 Å². The van der Waals surface area contributed by atoms with Crippen LogP contribution in [0, 0.1) is 0 Å². The highest BCUT2D eigenvalue weighted by molar-refractivity contribution is 9.10. The van der Waals surface area contributed by atoms with Crippen molar-refractivity contribution >= 4 is 83.8 Å². The van der Waals surface area contributed by atoms with E-state index in [1.54, 1.807) is 0 Å². The second-order valence-corrected chi connectivity index (χ2v) is 10.7. The highest BCUT2D eigenvalue weighted by atomic mass is 79.9. The molecule has 2 N–H and O–H groups in total. The van der Waals surface area contributed by atoms with Crippen LogP contribution in [0.2, 0.25) is 0 Å². The van der Waals surface area contributed by atoms with Crippen LogP contribution < -0.4 is 0 Å². The molecule has 0 atom stereocenters. The fraction of sp³-hybridized carbons (Fsp3) is 0. The van der Waals surface area contributed by atoms with Gasteiger partial charge in [-0.05, 0) is 110 Å². The Kier molecular flexibility index (Phi) is 4.94. The summed E-state index contributed by atoms with van der Waals surface area (Å²) in [6.07, 6.45) is 8.22. The Hall–Kier alpha value is -4.74. The smallest absolute Gasteiger partial charge is 0.0658 e. The van der Waals surface area contributed by atoms with Crippen LogP contribution in [0.25, 0.3) is 79.0 Å². The van der Waals surface area contributed by atoms with Gasteiger partial charge in [0.2, 0.25) is 0 Å². The van der Waals surface area contributed by atoms with E-state index in [2.05, 4.69) is 135 Å². The molecule has 0 aliphatic carbocycles. The Labute approximate surface area is 232 Å². The van der Waals surface area contributed by atoms with E-state index in [9.17, 15) is 0 Å². The first kappa shape index (κ1) is 22.3. The van der Waals surface area contributed by atoms with E-state index >= 15 is 0 Å². The van der Waals surface area contributed by atoms with E-state index < -0.39 is 0 Å². The zero-order chi connectivity index (χ0) is 25.9. The predicted octanol–water partition coefficient (Wildman–Crippen LogP) is 9.39. The van der Waals surface area contributed by atoms with Crippen molar-refractivity contribution in [2.75, 3.05) is 0 Å².